The Morgan fingerprint density at radius 1 is 1.35 bits per heavy atom. The summed E-state index contributed by atoms with van der Waals surface area (Å²) in [5.74, 6) is 0.320. The highest BCUT2D eigenvalue weighted by Crippen LogP contribution is 2.20. The maximum absolute atomic E-state index is 12.2. The Balaban J connectivity index is 1.86. The lowest BCUT2D eigenvalue weighted by Crippen LogP contribution is -2.44. The van der Waals surface area contributed by atoms with Crippen LogP contribution in [0.25, 0.3) is 0 Å². The van der Waals surface area contributed by atoms with Crippen molar-refractivity contribution in [3.8, 4) is 0 Å². The molecule has 20 heavy (non-hydrogen) atoms. The first-order chi connectivity index (χ1) is 9.33. The molecule has 0 saturated carbocycles. The average Bonchev–Trinajstić information content (AvgIpc) is 2.79. The van der Waals surface area contributed by atoms with E-state index >= 15 is 0 Å². The lowest BCUT2D eigenvalue weighted by Gasteiger charge is -2.23. The van der Waals surface area contributed by atoms with E-state index in [1.54, 1.807) is 0 Å². The smallest absolute Gasteiger partial charge is 0.224 e. The molecule has 1 amide bonds. The van der Waals surface area contributed by atoms with Crippen molar-refractivity contribution in [1.82, 2.24) is 10.2 Å². The van der Waals surface area contributed by atoms with Crippen LogP contribution >= 0.6 is 15.9 Å². The molecular weight excluding hydrogens is 316 g/mol. The largest absolute Gasteiger partial charge is 0.351 e. The van der Waals surface area contributed by atoms with Crippen molar-refractivity contribution in [2.45, 2.75) is 39.3 Å². The van der Waals surface area contributed by atoms with Gasteiger partial charge in [-0.15, -0.1) is 0 Å². The van der Waals surface area contributed by atoms with Crippen molar-refractivity contribution >= 4 is 21.8 Å². The highest BCUT2D eigenvalue weighted by atomic mass is 79.9. The molecule has 1 atom stereocenters. The standard InChI is InChI=1S/C16H23BrN2O/c1-16(2,3)18-15(20)13-8-9-19(11-13)10-12-4-6-14(17)7-5-12/h4-7,13H,8-11H2,1-3H3,(H,18,20). The minimum Gasteiger partial charge on any atom is -0.351 e. The molecule has 0 aromatic heterocycles. The zero-order chi connectivity index (χ0) is 14.8. The molecule has 1 unspecified atom stereocenters. The van der Waals surface area contributed by atoms with E-state index in [1.165, 1.54) is 5.56 Å². The molecule has 1 N–H and O–H groups in total. The number of carbonyl (C=O) groups is 1. The Morgan fingerprint density at radius 3 is 2.60 bits per heavy atom. The molecular formula is C16H23BrN2O. The normalized spacial score (nSPS) is 20.1. The highest BCUT2D eigenvalue weighted by molar-refractivity contribution is 9.10. The molecule has 3 nitrogen and oxygen atoms in total. The molecule has 1 heterocycles. The van der Waals surface area contributed by atoms with E-state index in [2.05, 4.69) is 50.4 Å². The van der Waals surface area contributed by atoms with Gasteiger partial charge in [0.05, 0.1) is 5.92 Å². The molecule has 0 spiro atoms. The summed E-state index contributed by atoms with van der Waals surface area (Å²) >= 11 is 3.45. The van der Waals surface area contributed by atoms with Crippen LogP contribution in [0.15, 0.2) is 28.7 Å². The van der Waals surface area contributed by atoms with Gasteiger partial charge in [-0.3, -0.25) is 9.69 Å². The number of rotatable bonds is 3. The highest BCUT2D eigenvalue weighted by Gasteiger charge is 2.29. The van der Waals surface area contributed by atoms with Crippen LogP contribution in [0, 0.1) is 5.92 Å². The molecule has 1 aliphatic heterocycles. The molecule has 1 aliphatic rings. The third kappa shape index (κ3) is 4.60. The quantitative estimate of drug-likeness (QED) is 0.917. The molecule has 0 bridgehead atoms. The van der Waals surface area contributed by atoms with Gasteiger partial charge in [0.2, 0.25) is 5.91 Å². The molecule has 1 aromatic rings. The zero-order valence-corrected chi connectivity index (χ0v) is 14.0. The van der Waals surface area contributed by atoms with Crippen molar-refractivity contribution in [2.24, 2.45) is 5.92 Å². The van der Waals surface area contributed by atoms with E-state index in [-0.39, 0.29) is 17.4 Å². The predicted octanol–water partition coefficient (Wildman–Crippen LogP) is 3.19. The summed E-state index contributed by atoms with van der Waals surface area (Å²) in [6, 6.07) is 8.39. The van der Waals surface area contributed by atoms with Crippen molar-refractivity contribution in [1.29, 1.82) is 0 Å². The number of halogens is 1. The van der Waals surface area contributed by atoms with Crippen LogP contribution in [0.4, 0.5) is 0 Å². The second kappa shape index (κ2) is 6.27. The van der Waals surface area contributed by atoms with Gasteiger partial charge in [-0.1, -0.05) is 28.1 Å². The first-order valence-electron chi connectivity index (χ1n) is 7.12. The van der Waals surface area contributed by atoms with Crippen LogP contribution in [0.5, 0.6) is 0 Å². The predicted molar refractivity (Wildman–Crippen MR) is 85.4 cm³/mol. The summed E-state index contributed by atoms with van der Waals surface area (Å²) in [5, 5.41) is 3.08. The minimum atomic E-state index is -0.143. The molecule has 110 valence electrons. The van der Waals surface area contributed by atoms with Crippen LogP contribution in [-0.4, -0.2) is 29.4 Å². The van der Waals surface area contributed by atoms with Crippen molar-refractivity contribution in [2.75, 3.05) is 13.1 Å². The van der Waals surface area contributed by atoms with Gasteiger partial charge < -0.3 is 5.32 Å². The number of nitrogens with one attached hydrogen (secondary N) is 1. The zero-order valence-electron chi connectivity index (χ0n) is 12.4. The summed E-state index contributed by atoms with van der Waals surface area (Å²) in [6.07, 6.45) is 0.957. The van der Waals surface area contributed by atoms with Gasteiger partial charge in [-0.05, 0) is 51.4 Å². The first-order valence-corrected chi connectivity index (χ1v) is 7.91. The van der Waals surface area contributed by atoms with E-state index in [0.29, 0.717) is 0 Å². The number of nitrogens with zero attached hydrogens (tertiary/aromatic N) is 1. The van der Waals surface area contributed by atoms with E-state index in [1.807, 2.05) is 20.8 Å². The maximum Gasteiger partial charge on any atom is 0.224 e. The third-order valence-electron chi connectivity index (χ3n) is 3.46. The van der Waals surface area contributed by atoms with Crippen molar-refractivity contribution < 1.29 is 4.79 Å². The Kier molecular flexibility index (Phi) is 4.86. The Hall–Kier alpha value is -0.870. The number of hydrogen-bond donors (Lipinski definition) is 1. The third-order valence-corrected chi connectivity index (χ3v) is 3.99. The van der Waals surface area contributed by atoms with Crippen molar-refractivity contribution in [3.63, 3.8) is 0 Å². The number of amides is 1. The van der Waals surface area contributed by atoms with Gasteiger partial charge >= 0.3 is 0 Å². The fourth-order valence-corrected chi connectivity index (χ4v) is 2.77. The van der Waals surface area contributed by atoms with Crippen LogP contribution in [0.3, 0.4) is 0 Å². The van der Waals surface area contributed by atoms with Gasteiger partial charge in [0.15, 0.2) is 0 Å². The van der Waals surface area contributed by atoms with Gasteiger partial charge in [-0.25, -0.2) is 0 Å². The molecule has 1 saturated heterocycles. The summed E-state index contributed by atoms with van der Waals surface area (Å²) in [4.78, 5) is 14.5. The van der Waals surface area contributed by atoms with E-state index in [0.717, 1.165) is 30.5 Å². The molecule has 0 radical (unpaired) electrons. The van der Waals surface area contributed by atoms with E-state index in [4.69, 9.17) is 0 Å². The fourth-order valence-electron chi connectivity index (χ4n) is 2.51. The summed E-state index contributed by atoms with van der Waals surface area (Å²) in [7, 11) is 0. The molecule has 4 heteroatoms. The Morgan fingerprint density at radius 2 is 2.00 bits per heavy atom. The molecule has 2 rings (SSSR count). The van der Waals surface area contributed by atoms with E-state index < -0.39 is 0 Å². The number of hydrogen-bond acceptors (Lipinski definition) is 2. The van der Waals surface area contributed by atoms with Gasteiger partial charge in [-0.2, -0.15) is 0 Å². The van der Waals surface area contributed by atoms with Gasteiger partial charge in [0.25, 0.3) is 0 Å². The fraction of sp³-hybridized carbons (Fsp3) is 0.562. The van der Waals surface area contributed by atoms with E-state index in [9.17, 15) is 4.79 Å². The number of likely N-dealkylation sites (tertiary alicyclic amines) is 1. The van der Waals surface area contributed by atoms with Crippen molar-refractivity contribution in [3.05, 3.63) is 34.3 Å². The molecule has 1 fully saturated rings. The lowest BCUT2D eigenvalue weighted by atomic mass is 10.0. The van der Waals surface area contributed by atoms with Crippen LogP contribution in [0.1, 0.15) is 32.8 Å². The average molecular weight is 339 g/mol. The summed E-state index contributed by atoms with van der Waals surface area (Å²) in [5.41, 5.74) is 1.15. The summed E-state index contributed by atoms with van der Waals surface area (Å²) < 4.78 is 1.10. The Bertz CT molecular complexity index is 464. The topological polar surface area (TPSA) is 32.3 Å². The number of benzene rings is 1. The Labute approximate surface area is 129 Å². The van der Waals surface area contributed by atoms with Crippen LogP contribution < -0.4 is 5.32 Å². The monoisotopic (exact) mass is 338 g/mol. The number of carbonyl (C=O) groups excluding carboxylic acids is 1. The van der Waals surface area contributed by atoms with Gasteiger partial charge in [0, 0.05) is 23.1 Å². The summed E-state index contributed by atoms with van der Waals surface area (Å²) in [6.45, 7) is 8.86. The molecule has 1 aromatic carbocycles. The van der Waals surface area contributed by atoms with Crippen LogP contribution in [0.2, 0.25) is 0 Å². The minimum absolute atomic E-state index is 0.129. The van der Waals surface area contributed by atoms with Crippen LogP contribution in [-0.2, 0) is 11.3 Å². The SMILES string of the molecule is CC(C)(C)NC(=O)C1CCN(Cc2ccc(Br)cc2)C1. The second-order valence-corrected chi connectivity index (χ2v) is 7.50. The second-order valence-electron chi connectivity index (χ2n) is 6.59. The van der Waals surface area contributed by atoms with Gasteiger partial charge in [0.1, 0.15) is 0 Å². The molecule has 0 aliphatic carbocycles. The lowest BCUT2D eigenvalue weighted by molar-refractivity contribution is -0.126. The first kappa shape index (κ1) is 15.5. The maximum atomic E-state index is 12.2.